The SMILES string of the molecule is C#Cc1c(F)ccc2cc(O)cc(-c3ncc4c(N5CC6CCC(C5)N6C(=O)C(=N)c5ccc(Cl)cc5)nc(OCC56CCCN5CCC6)nc4c3F)c12. The number of amides is 1. The maximum atomic E-state index is 17.1. The highest BCUT2D eigenvalue weighted by atomic mass is 35.5. The first-order chi connectivity index (χ1) is 26.1. The highest BCUT2D eigenvalue weighted by Gasteiger charge is 2.46. The van der Waals surface area contributed by atoms with Crippen LogP contribution in [0, 0.1) is 29.4 Å². The second-order valence-corrected chi connectivity index (χ2v) is 15.2. The van der Waals surface area contributed by atoms with Crippen molar-refractivity contribution in [3.05, 3.63) is 82.5 Å². The van der Waals surface area contributed by atoms with Crippen LogP contribution < -0.4 is 9.64 Å². The van der Waals surface area contributed by atoms with E-state index in [-0.39, 0.29) is 68.7 Å². The fourth-order valence-corrected chi connectivity index (χ4v) is 9.33. The zero-order chi connectivity index (χ0) is 37.3. The number of phenolic OH excluding ortho intramolecular Hbond substituents is 1. The summed E-state index contributed by atoms with van der Waals surface area (Å²) in [5.41, 5.74) is 0.131. The van der Waals surface area contributed by atoms with Crippen molar-refractivity contribution in [3.8, 4) is 35.4 Å². The van der Waals surface area contributed by atoms with Crippen LogP contribution in [0.25, 0.3) is 32.9 Å². The average Bonchev–Trinajstić information content (AvgIpc) is 3.84. The number of aromatic nitrogens is 3. The highest BCUT2D eigenvalue weighted by molar-refractivity contribution is 6.44. The minimum absolute atomic E-state index is 0.0215. The molecule has 0 radical (unpaired) electrons. The molecule has 2 atom stereocenters. The zero-order valence-corrected chi connectivity index (χ0v) is 30.0. The smallest absolute Gasteiger partial charge is 0.319 e. The van der Waals surface area contributed by atoms with Gasteiger partial charge >= 0.3 is 6.01 Å². The first-order valence-corrected chi connectivity index (χ1v) is 18.6. The van der Waals surface area contributed by atoms with Crippen LogP contribution in [0.15, 0.2) is 54.7 Å². The van der Waals surface area contributed by atoms with Gasteiger partial charge in [-0.05, 0) is 87.3 Å². The van der Waals surface area contributed by atoms with Gasteiger partial charge in [0, 0.05) is 40.8 Å². The third kappa shape index (κ3) is 5.60. The number of fused-ring (bicyclic) bond motifs is 5. The Balaban J connectivity index is 1.12. The topological polar surface area (TPSA) is 119 Å². The van der Waals surface area contributed by atoms with Gasteiger partial charge in [0.05, 0.1) is 28.6 Å². The van der Waals surface area contributed by atoms with E-state index in [1.165, 1.54) is 30.5 Å². The van der Waals surface area contributed by atoms with Gasteiger partial charge in [-0.25, -0.2) is 8.78 Å². The van der Waals surface area contributed by atoms with Gasteiger partial charge < -0.3 is 19.6 Å². The van der Waals surface area contributed by atoms with Gasteiger partial charge in [0.15, 0.2) is 5.82 Å². The largest absolute Gasteiger partial charge is 0.508 e. The minimum Gasteiger partial charge on any atom is -0.508 e. The Morgan fingerprint density at radius 1 is 1.06 bits per heavy atom. The van der Waals surface area contributed by atoms with Crippen LogP contribution in [-0.2, 0) is 4.79 Å². The molecular weight excluding hydrogens is 712 g/mol. The van der Waals surface area contributed by atoms with Crippen LogP contribution in [0.3, 0.4) is 0 Å². The number of aromatic hydroxyl groups is 1. The Kier molecular flexibility index (Phi) is 8.39. The van der Waals surface area contributed by atoms with E-state index in [0.717, 1.165) is 51.6 Å². The van der Waals surface area contributed by atoms with Gasteiger partial charge in [-0.1, -0.05) is 35.7 Å². The van der Waals surface area contributed by atoms with E-state index >= 15 is 4.39 Å². The fourth-order valence-electron chi connectivity index (χ4n) is 9.20. The predicted octanol–water partition coefficient (Wildman–Crippen LogP) is 6.72. The third-order valence-corrected chi connectivity index (χ3v) is 12.0. The van der Waals surface area contributed by atoms with Gasteiger partial charge in [0.1, 0.15) is 40.9 Å². The summed E-state index contributed by atoms with van der Waals surface area (Å²) in [6.45, 7) is 3.17. The molecule has 2 bridgehead atoms. The number of carbonyl (C=O) groups is 1. The zero-order valence-electron chi connectivity index (χ0n) is 29.3. The van der Waals surface area contributed by atoms with E-state index < -0.39 is 11.6 Å². The van der Waals surface area contributed by atoms with Gasteiger partial charge in [-0.15, -0.1) is 6.42 Å². The maximum Gasteiger partial charge on any atom is 0.319 e. The lowest BCUT2D eigenvalue weighted by Crippen LogP contribution is -2.57. The van der Waals surface area contributed by atoms with E-state index in [1.807, 2.05) is 4.90 Å². The van der Waals surface area contributed by atoms with Gasteiger partial charge in [0.2, 0.25) is 0 Å². The van der Waals surface area contributed by atoms with Crippen molar-refractivity contribution in [1.82, 2.24) is 24.8 Å². The van der Waals surface area contributed by atoms with Gasteiger partial charge in [-0.2, -0.15) is 9.97 Å². The summed E-state index contributed by atoms with van der Waals surface area (Å²) in [5, 5.41) is 20.9. The van der Waals surface area contributed by atoms with Gasteiger partial charge in [0.25, 0.3) is 5.91 Å². The number of hydrogen-bond acceptors (Lipinski definition) is 9. The van der Waals surface area contributed by atoms with Crippen LogP contribution in [0.5, 0.6) is 11.8 Å². The van der Waals surface area contributed by atoms with Crippen LogP contribution >= 0.6 is 11.6 Å². The molecule has 0 aliphatic carbocycles. The van der Waals surface area contributed by atoms with Crippen molar-refractivity contribution in [2.75, 3.05) is 37.7 Å². The van der Waals surface area contributed by atoms with Crippen molar-refractivity contribution in [2.45, 2.75) is 56.1 Å². The van der Waals surface area contributed by atoms with E-state index in [1.54, 1.807) is 29.2 Å². The summed E-state index contributed by atoms with van der Waals surface area (Å²) in [5.74, 6) is 0.844. The lowest BCUT2D eigenvalue weighted by atomic mass is 9.95. The number of pyridine rings is 1. The lowest BCUT2D eigenvalue weighted by molar-refractivity contribution is -0.127. The van der Waals surface area contributed by atoms with Crippen LogP contribution in [0.1, 0.15) is 49.7 Å². The average molecular weight is 748 g/mol. The number of halogens is 3. The molecule has 4 aliphatic heterocycles. The number of benzene rings is 3. The number of piperazine rings is 1. The van der Waals surface area contributed by atoms with Crippen molar-refractivity contribution in [1.29, 1.82) is 5.41 Å². The Morgan fingerprint density at radius 2 is 1.78 bits per heavy atom. The Labute approximate surface area is 315 Å². The molecule has 5 aromatic rings. The van der Waals surface area contributed by atoms with Gasteiger partial charge in [-0.3, -0.25) is 20.1 Å². The van der Waals surface area contributed by atoms with Crippen molar-refractivity contribution >= 4 is 50.7 Å². The van der Waals surface area contributed by atoms with Crippen LogP contribution in [0.4, 0.5) is 14.6 Å². The normalized spacial score (nSPS) is 20.4. The molecule has 2 aromatic heterocycles. The number of rotatable bonds is 7. The summed E-state index contributed by atoms with van der Waals surface area (Å²) < 4.78 is 38.5. The van der Waals surface area contributed by atoms with E-state index in [2.05, 4.69) is 20.8 Å². The molecule has 3 aromatic carbocycles. The number of hydrogen-bond donors (Lipinski definition) is 2. The number of terminal acetylenes is 1. The molecule has 274 valence electrons. The quantitative estimate of drug-likeness (QED) is 0.139. The number of phenols is 1. The molecule has 13 heteroatoms. The molecule has 4 aliphatic rings. The molecule has 1 amide bonds. The number of nitrogens with one attached hydrogen (secondary N) is 1. The second-order valence-electron chi connectivity index (χ2n) is 14.8. The summed E-state index contributed by atoms with van der Waals surface area (Å²) in [6.07, 6.45) is 12.8. The molecule has 0 spiro atoms. The minimum atomic E-state index is -0.796. The summed E-state index contributed by atoms with van der Waals surface area (Å²) in [4.78, 5) is 34.1. The second kappa shape index (κ2) is 13.2. The summed E-state index contributed by atoms with van der Waals surface area (Å²) in [6, 6.07) is 11.7. The predicted molar refractivity (Wildman–Crippen MR) is 202 cm³/mol. The lowest BCUT2D eigenvalue weighted by Gasteiger charge is -2.42. The molecule has 4 saturated heterocycles. The van der Waals surface area contributed by atoms with Crippen molar-refractivity contribution < 1.29 is 23.4 Å². The number of carbonyl (C=O) groups excluding carboxylic acids is 1. The molecule has 54 heavy (non-hydrogen) atoms. The fraction of sp³-hybridized carbons (Fsp3) is 0.341. The third-order valence-electron chi connectivity index (χ3n) is 11.7. The molecular formula is C41H36ClF2N7O3. The molecule has 4 fully saturated rings. The van der Waals surface area contributed by atoms with Crippen LogP contribution in [-0.4, -0.2) is 91.9 Å². The molecule has 0 saturated carbocycles. The van der Waals surface area contributed by atoms with E-state index in [0.29, 0.717) is 46.9 Å². The Hall–Kier alpha value is -5.38. The standard InChI is InChI=1S/C41H36ClF2N7O3/c1-2-29-32(43)12-7-24-17-28(52)18-30(33(24)29)36-34(44)37-31(19-46-36)38(48-40(47-37)54-22-41-13-3-15-50(41)16-4-14-41)49-20-26-10-11-27(21-49)51(26)39(53)35(45)23-5-8-25(42)9-6-23/h1,5-9,12,17-19,26-27,45,52H,3-4,10-11,13-16,20-22H2. The number of anilines is 1. The van der Waals surface area contributed by atoms with E-state index in [4.69, 9.17) is 33.2 Å². The Morgan fingerprint density at radius 3 is 2.48 bits per heavy atom. The molecule has 10 nitrogen and oxygen atoms in total. The molecule has 2 unspecified atom stereocenters. The molecule has 9 rings (SSSR count). The molecule has 2 N–H and O–H groups in total. The maximum absolute atomic E-state index is 17.1. The first-order valence-electron chi connectivity index (χ1n) is 18.2. The van der Waals surface area contributed by atoms with Crippen molar-refractivity contribution in [2.24, 2.45) is 0 Å². The number of ether oxygens (including phenoxy) is 1. The Bertz CT molecular complexity index is 2400. The summed E-state index contributed by atoms with van der Waals surface area (Å²) >= 11 is 6.05. The van der Waals surface area contributed by atoms with Crippen molar-refractivity contribution in [3.63, 3.8) is 0 Å². The highest BCUT2D eigenvalue weighted by Crippen LogP contribution is 2.42. The van der Waals surface area contributed by atoms with E-state index in [9.17, 15) is 14.3 Å². The summed E-state index contributed by atoms with van der Waals surface area (Å²) in [7, 11) is 0. The monoisotopic (exact) mass is 747 g/mol. The van der Waals surface area contributed by atoms with Crippen LogP contribution in [0.2, 0.25) is 5.02 Å². The first kappa shape index (κ1) is 34.4. The molecule has 6 heterocycles. The number of nitrogens with zero attached hydrogens (tertiary/aromatic N) is 6.